The molecule has 0 aliphatic rings. The van der Waals surface area contributed by atoms with Crippen LogP contribution in [0.2, 0.25) is 0 Å². The van der Waals surface area contributed by atoms with E-state index in [4.69, 9.17) is 19.9 Å². The van der Waals surface area contributed by atoms with Crippen molar-refractivity contribution in [2.75, 3.05) is 0 Å². The predicted molar refractivity (Wildman–Crippen MR) is 225 cm³/mol. The molecule has 0 aliphatic carbocycles. The Bertz CT molecular complexity index is 3210. The van der Waals surface area contributed by atoms with E-state index in [1.807, 2.05) is 54.7 Å². The highest BCUT2D eigenvalue weighted by Crippen LogP contribution is 2.40. The van der Waals surface area contributed by atoms with E-state index in [1.54, 1.807) is 24.0 Å². The SMILES string of the molecule is c1ccc(-c2ccc(-c3nc(-c4ccccc4)nc(-c4cccc(-c5ncnc6c5sc5cncnc56)c4)n3)c(-n3c4ccccc4c4ccccc43)c2)cc1. The van der Waals surface area contributed by atoms with Crippen molar-refractivity contribution in [3.05, 3.63) is 171 Å². The monoisotopic (exact) mass is 736 g/mol. The average Bonchev–Trinajstić information content (AvgIpc) is 3.83. The largest absolute Gasteiger partial charge is 0.308 e. The van der Waals surface area contributed by atoms with Gasteiger partial charge in [0.15, 0.2) is 17.5 Å². The summed E-state index contributed by atoms with van der Waals surface area (Å²) < 4.78 is 4.26. The van der Waals surface area contributed by atoms with Crippen LogP contribution in [0.25, 0.3) is 104 Å². The minimum Gasteiger partial charge on any atom is -0.308 e. The zero-order valence-corrected chi connectivity index (χ0v) is 30.5. The Morgan fingerprint density at radius 1 is 0.446 bits per heavy atom. The second-order valence-corrected chi connectivity index (χ2v) is 14.5. The van der Waals surface area contributed by atoms with Crippen molar-refractivity contribution in [3.63, 3.8) is 0 Å². The molecular weight excluding hydrogens is 709 g/mol. The van der Waals surface area contributed by atoms with Crippen LogP contribution in [0, 0.1) is 0 Å². The fourth-order valence-corrected chi connectivity index (χ4v) is 8.66. The van der Waals surface area contributed by atoms with E-state index in [-0.39, 0.29) is 0 Å². The standard InChI is InChI=1S/C47H28N8S/c1-3-12-29(13-4-1)31-22-23-36(39(25-31)55-37-20-9-7-18-34(37)35-19-8-10-21-38(35)55)47-53-45(30-14-5-2-6-15-30)52-46(54-47)33-17-11-16-32(24-33)41-44-43(51-28-50-41)42-40(56-44)26-48-27-49-42/h1-28H. The van der Waals surface area contributed by atoms with Crippen molar-refractivity contribution in [3.8, 4) is 62.2 Å². The second-order valence-electron chi connectivity index (χ2n) is 13.5. The molecule has 0 unspecified atom stereocenters. The third-order valence-electron chi connectivity index (χ3n) is 10.1. The number of hydrogen-bond donors (Lipinski definition) is 0. The number of aromatic nitrogens is 8. The summed E-state index contributed by atoms with van der Waals surface area (Å²) in [5.41, 5.74) is 11.4. The van der Waals surface area contributed by atoms with Gasteiger partial charge in [-0.15, -0.1) is 11.3 Å². The van der Waals surface area contributed by atoms with Crippen LogP contribution in [-0.4, -0.2) is 39.5 Å². The van der Waals surface area contributed by atoms with E-state index in [1.165, 1.54) is 10.8 Å². The van der Waals surface area contributed by atoms with Crippen LogP contribution in [0.15, 0.2) is 171 Å². The average molecular weight is 737 g/mol. The minimum atomic E-state index is 0.559. The molecular formula is C47H28N8S. The molecule has 5 aromatic heterocycles. The molecule has 0 bridgehead atoms. The van der Waals surface area contributed by atoms with Gasteiger partial charge in [0.2, 0.25) is 0 Å². The first-order valence-corrected chi connectivity index (χ1v) is 19.0. The number of nitrogens with zero attached hydrogens (tertiary/aromatic N) is 8. The lowest BCUT2D eigenvalue weighted by molar-refractivity contribution is 1.06. The fourth-order valence-electron chi connectivity index (χ4n) is 7.57. The Morgan fingerprint density at radius 3 is 1.84 bits per heavy atom. The second kappa shape index (κ2) is 13.1. The maximum absolute atomic E-state index is 5.28. The first-order chi connectivity index (χ1) is 27.8. The highest BCUT2D eigenvalue weighted by molar-refractivity contribution is 7.26. The van der Waals surface area contributed by atoms with Gasteiger partial charge < -0.3 is 4.57 Å². The van der Waals surface area contributed by atoms with E-state index in [2.05, 4.69) is 123 Å². The Labute approximate surface area is 324 Å². The van der Waals surface area contributed by atoms with Crippen molar-refractivity contribution in [2.24, 2.45) is 0 Å². The maximum Gasteiger partial charge on any atom is 0.166 e. The smallest absolute Gasteiger partial charge is 0.166 e. The molecule has 6 aromatic carbocycles. The van der Waals surface area contributed by atoms with Gasteiger partial charge in [0.1, 0.15) is 23.7 Å². The minimum absolute atomic E-state index is 0.559. The molecule has 0 N–H and O–H groups in total. The van der Waals surface area contributed by atoms with E-state index in [0.29, 0.717) is 17.5 Å². The van der Waals surface area contributed by atoms with Crippen LogP contribution >= 0.6 is 11.3 Å². The molecule has 56 heavy (non-hydrogen) atoms. The summed E-state index contributed by atoms with van der Waals surface area (Å²) in [6, 6.07) is 52.5. The molecule has 8 nitrogen and oxygen atoms in total. The highest BCUT2D eigenvalue weighted by Gasteiger charge is 2.21. The fraction of sp³-hybridized carbons (Fsp3) is 0. The van der Waals surface area contributed by atoms with Gasteiger partial charge in [-0.05, 0) is 41.5 Å². The Kier molecular flexibility index (Phi) is 7.49. The van der Waals surface area contributed by atoms with Gasteiger partial charge in [0.05, 0.1) is 31.8 Å². The molecule has 11 rings (SSSR count). The molecule has 0 fully saturated rings. The molecule has 0 amide bonds. The van der Waals surface area contributed by atoms with Gasteiger partial charge in [0.25, 0.3) is 0 Å². The van der Waals surface area contributed by atoms with Gasteiger partial charge in [-0.1, -0.05) is 121 Å². The lowest BCUT2D eigenvalue weighted by Gasteiger charge is -2.16. The van der Waals surface area contributed by atoms with Gasteiger partial charge in [0, 0.05) is 39.2 Å². The van der Waals surface area contributed by atoms with Crippen molar-refractivity contribution >= 4 is 53.6 Å². The first-order valence-electron chi connectivity index (χ1n) is 18.2. The number of benzene rings is 6. The first kappa shape index (κ1) is 32.0. The molecule has 11 aromatic rings. The van der Waals surface area contributed by atoms with Crippen LogP contribution in [0.1, 0.15) is 0 Å². The van der Waals surface area contributed by atoms with Crippen LogP contribution in [-0.2, 0) is 0 Å². The number of fused-ring (bicyclic) bond motifs is 6. The summed E-state index contributed by atoms with van der Waals surface area (Å²) in [6.07, 6.45) is 4.98. The van der Waals surface area contributed by atoms with Crippen molar-refractivity contribution < 1.29 is 0 Å². The Hall–Kier alpha value is -7.49. The molecule has 0 spiro atoms. The predicted octanol–water partition coefficient (Wildman–Crippen LogP) is 11.3. The maximum atomic E-state index is 5.28. The Balaban J connectivity index is 1.15. The van der Waals surface area contributed by atoms with Crippen LogP contribution in [0.5, 0.6) is 0 Å². The molecule has 5 heterocycles. The van der Waals surface area contributed by atoms with E-state index < -0.39 is 0 Å². The topological polar surface area (TPSA) is 95.2 Å². The molecule has 0 saturated carbocycles. The van der Waals surface area contributed by atoms with Crippen LogP contribution < -0.4 is 0 Å². The summed E-state index contributed by atoms with van der Waals surface area (Å²) in [4.78, 5) is 33.7. The number of thiophene rings is 1. The van der Waals surface area contributed by atoms with Gasteiger partial charge in [-0.2, -0.15) is 0 Å². The zero-order chi connectivity index (χ0) is 37.0. The zero-order valence-electron chi connectivity index (χ0n) is 29.7. The van der Waals surface area contributed by atoms with Crippen molar-refractivity contribution in [1.29, 1.82) is 0 Å². The van der Waals surface area contributed by atoms with Crippen molar-refractivity contribution in [1.82, 2.24) is 39.5 Å². The van der Waals surface area contributed by atoms with E-state index in [9.17, 15) is 0 Å². The molecule has 0 atom stereocenters. The summed E-state index contributed by atoms with van der Waals surface area (Å²) in [6.45, 7) is 0. The molecule has 0 radical (unpaired) electrons. The third-order valence-corrected chi connectivity index (χ3v) is 11.3. The molecule has 0 aliphatic heterocycles. The number of hydrogen-bond acceptors (Lipinski definition) is 8. The van der Waals surface area contributed by atoms with Crippen LogP contribution in [0.4, 0.5) is 0 Å². The van der Waals surface area contributed by atoms with Crippen molar-refractivity contribution in [2.45, 2.75) is 0 Å². The highest BCUT2D eigenvalue weighted by atomic mass is 32.1. The number of para-hydroxylation sites is 2. The summed E-state index contributed by atoms with van der Waals surface area (Å²) in [5, 5.41) is 2.36. The quantitative estimate of drug-likeness (QED) is 0.168. The summed E-state index contributed by atoms with van der Waals surface area (Å²) in [7, 11) is 0. The van der Waals surface area contributed by atoms with Gasteiger partial charge in [-0.3, -0.25) is 0 Å². The number of rotatable bonds is 6. The third kappa shape index (κ3) is 5.32. The van der Waals surface area contributed by atoms with Gasteiger partial charge >= 0.3 is 0 Å². The lowest BCUT2D eigenvalue weighted by Crippen LogP contribution is -2.04. The van der Waals surface area contributed by atoms with Gasteiger partial charge in [-0.25, -0.2) is 34.9 Å². The lowest BCUT2D eigenvalue weighted by atomic mass is 10.0. The van der Waals surface area contributed by atoms with E-state index in [0.717, 1.165) is 76.2 Å². The molecule has 9 heteroatoms. The van der Waals surface area contributed by atoms with Crippen LogP contribution in [0.3, 0.4) is 0 Å². The Morgan fingerprint density at radius 2 is 1.07 bits per heavy atom. The summed E-state index contributed by atoms with van der Waals surface area (Å²) in [5.74, 6) is 1.72. The van der Waals surface area contributed by atoms with E-state index >= 15 is 0 Å². The molecule has 262 valence electrons. The normalized spacial score (nSPS) is 11.6. The summed E-state index contributed by atoms with van der Waals surface area (Å²) >= 11 is 1.59. The molecule has 0 saturated heterocycles.